The third-order valence-corrected chi connectivity index (χ3v) is 6.15. The molecule has 1 rings (SSSR count). The third kappa shape index (κ3) is 19.2. The van der Waals surface area contributed by atoms with Crippen LogP contribution < -0.4 is 32.7 Å². The Balaban J connectivity index is 0.00000249. The topological polar surface area (TPSA) is 168 Å². The molecule has 0 aromatic heterocycles. The molecule has 0 radical (unpaired) electrons. The average Bonchev–Trinajstić information content (AvgIpc) is 2.88. The molecule has 0 bridgehead atoms. The summed E-state index contributed by atoms with van der Waals surface area (Å²) in [6.45, 7) is 5.12. The van der Waals surface area contributed by atoms with Crippen LogP contribution in [0.25, 0.3) is 0 Å². The van der Waals surface area contributed by atoms with E-state index in [4.69, 9.17) is 5.73 Å². The van der Waals surface area contributed by atoms with E-state index in [0.717, 1.165) is 37.7 Å². The number of hydrogen-bond acceptors (Lipinski definition) is 6. The molecule has 38 heavy (non-hydrogen) atoms. The molecule has 0 saturated carbocycles. The highest BCUT2D eigenvalue weighted by Crippen LogP contribution is 2.14. The summed E-state index contributed by atoms with van der Waals surface area (Å²) < 4.78 is 0. The number of hydrogen-bond donors (Lipinski definition) is 7. The van der Waals surface area contributed by atoms with Gasteiger partial charge in [-0.3, -0.25) is 14.4 Å². The van der Waals surface area contributed by atoms with E-state index in [1.807, 2.05) is 19.1 Å². The Morgan fingerprint density at radius 3 is 2.08 bits per heavy atom. The van der Waals surface area contributed by atoms with Gasteiger partial charge in [0.15, 0.2) is 0 Å². The maximum atomic E-state index is 12.8. The second-order valence-electron chi connectivity index (χ2n) is 9.07. The number of rotatable bonds is 17. The molecule has 0 aliphatic rings. The highest BCUT2D eigenvalue weighted by Gasteiger charge is 2.21. The first-order chi connectivity index (χ1) is 18.1. The number of primary amides is 1. The zero-order valence-corrected chi connectivity index (χ0v) is 24.1. The molecule has 11 heteroatoms. The smallest absolute Gasteiger partial charge is 0.311 e. The molecule has 0 aliphatic heterocycles. The molecule has 2 unspecified atom stereocenters. The van der Waals surface area contributed by atoms with Crippen molar-refractivity contribution in [2.75, 3.05) is 25.9 Å². The van der Waals surface area contributed by atoms with Crippen LogP contribution in [-0.4, -0.2) is 55.2 Å². The van der Waals surface area contributed by atoms with E-state index in [9.17, 15) is 19.2 Å². The van der Waals surface area contributed by atoms with Gasteiger partial charge in [0.05, 0.1) is 0 Å². The molecule has 0 heterocycles. The van der Waals surface area contributed by atoms with Crippen molar-refractivity contribution in [1.82, 2.24) is 21.3 Å². The maximum Gasteiger partial charge on any atom is 0.311 e. The van der Waals surface area contributed by atoms with Gasteiger partial charge in [0.1, 0.15) is 6.04 Å². The van der Waals surface area contributed by atoms with Gasteiger partial charge >= 0.3 is 6.03 Å². The highest BCUT2D eigenvalue weighted by atomic mass is 32.1. The molecule has 5 amide bonds. The Morgan fingerprint density at radius 1 is 0.895 bits per heavy atom. The summed E-state index contributed by atoms with van der Waals surface area (Å²) in [4.78, 5) is 46.3. The first-order valence-corrected chi connectivity index (χ1v) is 14.0. The quantitative estimate of drug-likeness (QED) is 0.0894. The Kier molecular flexibility index (Phi) is 20.4. The fraction of sp³-hybridized carbons (Fsp3) is 0.630. The van der Waals surface area contributed by atoms with E-state index < -0.39 is 12.1 Å². The van der Waals surface area contributed by atoms with E-state index in [0.29, 0.717) is 56.1 Å². The van der Waals surface area contributed by atoms with Crippen LogP contribution in [0.4, 0.5) is 10.5 Å². The van der Waals surface area contributed by atoms with Gasteiger partial charge < -0.3 is 32.7 Å². The minimum atomic E-state index is -0.651. The summed E-state index contributed by atoms with van der Waals surface area (Å²) in [5.41, 5.74) is 11.9. The molecule has 8 N–H and O–H groups in total. The summed E-state index contributed by atoms with van der Waals surface area (Å²) in [6, 6.07) is 6.17. The lowest BCUT2D eigenvalue weighted by molar-refractivity contribution is -0.129. The van der Waals surface area contributed by atoms with Crippen LogP contribution in [0, 0.1) is 0 Å². The number of amides is 5. The van der Waals surface area contributed by atoms with E-state index in [-0.39, 0.29) is 17.7 Å². The number of unbranched alkanes of at least 4 members (excludes halogenated alkanes) is 2. The SMILES string of the molecule is CCCC(S)CCCCC(=O)NC(Cc1ccc(N)cc1)C(=O)NCCCCC(=O)NCC.CNC(N)=O. The number of benzene rings is 1. The van der Waals surface area contributed by atoms with Crippen molar-refractivity contribution < 1.29 is 19.2 Å². The molecular formula is C27H48N6O4S. The van der Waals surface area contributed by atoms with Crippen LogP contribution in [-0.2, 0) is 20.8 Å². The van der Waals surface area contributed by atoms with Crippen molar-refractivity contribution in [3.05, 3.63) is 29.8 Å². The van der Waals surface area contributed by atoms with Crippen LogP contribution in [0.15, 0.2) is 24.3 Å². The highest BCUT2D eigenvalue weighted by molar-refractivity contribution is 7.80. The minimum absolute atomic E-state index is 0.0243. The van der Waals surface area contributed by atoms with Gasteiger partial charge in [0.25, 0.3) is 0 Å². The van der Waals surface area contributed by atoms with Crippen LogP contribution in [0.5, 0.6) is 0 Å². The number of urea groups is 1. The van der Waals surface area contributed by atoms with Gasteiger partial charge in [0.2, 0.25) is 17.7 Å². The van der Waals surface area contributed by atoms with Crippen LogP contribution in [0.2, 0.25) is 0 Å². The zero-order chi connectivity index (χ0) is 28.8. The van der Waals surface area contributed by atoms with Crippen molar-refractivity contribution in [3.63, 3.8) is 0 Å². The number of nitrogens with two attached hydrogens (primary N) is 2. The first kappa shape index (κ1) is 35.0. The minimum Gasteiger partial charge on any atom is -0.399 e. The number of nitrogen functional groups attached to an aromatic ring is 1. The fourth-order valence-electron chi connectivity index (χ4n) is 3.54. The van der Waals surface area contributed by atoms with E-state index in [2.05, 4.69) is 46.6 Å². The molecule has 0 spiro atoms. The number of thiol groups is 1. The second kappa shape index (κ2) is 22.1. The number of anilines is 1. The van der Waals surface area contributed by atoms with Gasteiger partial charge in [0, 0.05) is 50.3 Å². The lowest BCUT2D eigenvalue weighted by Crippen LogP contribution is -2.48. The van der Waals surface area contributed by atoms with Crippen LogP contribution >= 0.6 is 12.6 Å². The predicted molar refractivity (Wildman–Crippen MR) is 157 cm³/mol. The van der Waals surface area contributed by atoms with Gasteiger partial charge in [-0.05, 0) is 56.7 Å². The maximum absolute atomic E-state index is 12.8. The van der Waals surface area contributed by atoms with Gasteiger partial charge in [-0.1, -0.05) is 31.9 Å². The first-order valence-electron chi connectivity index (χ1n) is 13.5. The normalized spacial score (nSPS) is 11.8. The fourth-order valence-corrected chi connectivity index (χ4v) is 3.98. The summed E-state index contributed by atoms with van der Waals surface area (Å²) >= 11 is 4.56. The molecule has 1 aromatic carbocycles. The molecule has 0 saturated heterocycles. The molecular weight excluding hydrogens is 504 g/mol. The lowest BCUT2D eigenvalue weighted by atomic mass is 10.0. The molecule has 2 atom stereocenters. The number of carbonyl (C=O) groups is 4. The largest absolute Gasteiger partial charge is 0.399 e. The van der Waals surface area contributed by atoms with Crippen molar-refractivity contribution in [1.29, 1.82) is 0 Å². The predicted octanol–water partition coefficient (Wildman–Crippen LogP) is 2.66. The second-order valence-corrected chi connectivity index (χ2v) is 9.80. The zero-order valence-electron chi connectivity index (χ0n) is 23.2. The number of carbonyl (C=O) groups excluding carboxylic acids is 4. The van der Waals surface area contributed by atoms with Crippen LogP contribution in [0.3, 0.4) is 0 Å². The average molecular weight is 553 g/mol. The lowest BCUT2D eigenvalue weighted by Gasteiger charge is -2.19. The Labute approximate surface area is 233 Å². The molecule has 0 aliphatic carbocycles. The van der Waals surface area contributed by atoms with Crippen molar-refractivity contribution >= 4 is 42.1 Å². The Bertz CT molecular complexity index is 822. The van der Waals surface area contributed by atoms with Gasteiger partial charge in [-0.2, -0.15) is 12.6 Å². The van der Waals surface area contributed by atoms with Crippen LogP contribution in [0.1, 0.15) is 77.2 Å². The van der Waals surface area contributed by atoms with Gasteiger partial charge in [-0.15, -0.1) is 0 Å². The van der Waals surface area contributed by atoms with E-state index in [1.165, 1.54) is 7.05 Å². The van der Waals surface area contributed by atoms with Crippen molar-refractivity contribution in [2.45, 2.75) is 89.3 Å². The standard InChI is InChI=1S/C25H42N4O3S.C2H6N2O/c1-3-9-21(33)10-5-6-12-24(31)29-22(18-19-13-15-20(26)16-14-19)25(32)28-17-8-7-11-23(30)27-4-2;1-4-2(3)5/h13-16,21-22,33H,3-12,17-18,26H2,1-2H3,(H,27,30)(H,28,32)(H,29,31);1H3,(H3,3,4,5). The van der Waals surface area contributed by atoms with Gasteiger partial charge in [-0.25, -0.2) is 4.79 Å². The summed E-state index contributed by atoms with van der Waals surface area (Å²) in [5.74, 6) is -0.305. The summed E-state index contributed by atoms with van der Waals surface area (Å²) in [7, 11) is 1.47. The number of nitrogens with one attached hydrogen (secondary N) is 4. The monoisotopic (exact) mass is 552 g/mol. The van der Waals surface area contributed by atoms with E-state index in [1.54, 1.807) is 12.1 Å². The third-order valence-electron chi connectivity index (χ3n) is 5.63. The Hall–Kier alpha value is -2.95. The molecule has 0 fully saturated rings. The van der Waals surface area contributed by atoms with E-state index >= 15 is 0 Å². The Morgan fingerprint density at radius 2 is 1.50 bits per heavy atom. The summed E-state index contributed by atoms with van der Waals surface area (Å²) in [6.07, 6.45) is 7.56. The van der Waals surface area contributed by atoms with Crippen molar-refractivity contribution in [2.24, 2.45) is 5.73 Å². The molecule has 216 valence electrons. The molecule has 10 nitrogen and oxygen atoms in total. The molecule has 1 aromatic rings. The van der Waals surface area contributed by atoms with Crippen molar-refractivity contribution in [3.8, 4) is 0 Å². The summed E-state index contributed by atoms with van der Waals surface area (Å²) in [5, 5.41) is 11.1.